The minimum Gasteiger partial charge on any atom is -0.396 e. The van der Waals surface area contributed by atoms with E-state index in [1.165, 1.54) is 11.8 Å². The second kappa shape index (κ2) is 4.29. The van der Waals surface area contributed by atoms with Crippen LogP contribution in [0.1, 0.15) is 0 Å². The number of nitrogens with zero attached hydrogens (tertiary/aromatic N) is 3. The first kappa shape index (κ1) is 9.95. The fourth-order valence-corrected chi connectivity index (χ4v) is 2.03. The van der Waals surface area contributed by atoms with Crippen LogP contribution in [0.4, 0.5) is 0 Å². The van der Waals surface area contributed by atoms with Crippen molar-refractivity contribution in [1.29, 1.82) is 0 Å². The molecule has 2 aromatic heterocycles. The van der Waals surface area contributed by atoms with Gasteiger partial charge < -0.3 is 5.11 Å². The number of thioether (sulfide) groups is 1. The minimum absolute atomic E-state index is 0.165. The van der Waals surface area contributed by atoms with Crippen molar-refractivity contribution in [3.05, 3.63) is 22.9 Å². The lowest BCUT2D eigenvalue weighted by atomic mass is 10.6. The first-order valence-corrected chi connectivity index (χ1v) is 5.82. The van der Waals surface area contributed by atoms with Gasteiger partial charge in [-0.25, -0.2) is 9.50 Å². The van der Waals surface area contributed by atoms with E-state index < -0.39 is 0 Å². The lowest BCUT2D eigenvalue weighted by Gasteiger charge is -1.99. The Morgan fingerprint density at radius 2 is 2.43 bits per heavy atom. The molecule has 2 heterocycles. The maximum absolute atomic E-state index is 8.68. The van der Waals surface area contributed by atoms with E-state index in [0.717, 1.165) is 15.1 Å². The summed E-state index contributed by atoms with van der Waals surface area (Å²) in [5.41, 5.74) is 0.799. The Kier molecular flexibility index (Phi) is 3.05. The molecule has 0 fully saturated rings. The Bertz CT molecular complexity index is 445. The number of hydrogen-bond donors (Lipinski definition) is 1. The van der Waals surface area contributed by atoms with Crippen LogP contribution in [-0.4, -0.2) is 32.1 Å². The molecular formula is C8H8BrN3OS. The molecule has 0 bridgehead atoms. The molecule has 0 saturated heterocycles. The molecule has 0 aliphatic rings. The molecular weight excluding hydrogens is 266 g/mol. The van der Waals surface area contributed by atoms with Gasteiger partial charge in [0, 0.05) is 11.9 Å². The Morgan fingerprint density at radius 3 is 3.21 bits per heavy atom. The lowest BCUT2D eigenvalue weighted by molar-refractivity contribution is 0.322. The number of fused-ring (bicyclic) bond motifs is 1. The molecule has 0 saturated carbocycles. The number of aliphatic hydroxyl groups excluding tert-OH is 1. The third-order valence-electron chi connectivity index (χ3n) is 1.64. The largest absolute Gasteiger partial charge is 0.396 e. The van der Waals surface area contributed by atoms with Crippen molar-refractivity contribution < 1.29 is 5.11 Å². The average molecular weight is 274 g/mol. The molecule has 14 heavy (non-hydrogen) atoms. The summed E-state index contributed by atoms with van der Waals surface area (Å²) in [4.78, 5) is 4.38. The predicted molar refractivity (Wildman–Crippen MR) is 58.5 cm³/mol. The van der Waals surface area contributed by atoms with E-state index in [4.69, 9.17) is 5.11 Å². The molecule has 0 atom stereocenters. The number of aliphatic hydroxyl groups is 1. The maximum Gasteiger partial charge on any atom is 0.170 e. The van der Waals surface area contributed by atoms with Crippen molar-refractivity contribution >= 4 is 33.3 Å². The highest BCUT2D eigenvalue weighted by atomic mass is 79.9. The summed E-state index contributed by atoms with van der Waals surface area (Å²) in [6, 6.07) is 1.88. The molecule has 4 nitrogen and oxygen atoms in total. The van der Waals surface area contributed by atoms with Crippen LogP contribution in [0.25, 0.3) is 5.65 Å². The monoisotopic (exact) mass is 273 g/mol. The molecule has 6 heteroatoms. The normalized spacial score (nSPS) is 11.0. The summed E-state index contributed by atoms with van der Waals surface area (Å²) < 4.78 is 2.58. The van der Waals surface area contributed by atoms with E-state index in [1.54, 1.807) is 10.7 Å². The molecule has 2 rings (SSSR count). The van der Waals surface area contributed by atoms with Crippen LogP contribution in [0.15, 0.2) is 28.0 Å². The van der Waals surface area contributed by atoms with Crippen molar-refractivity contribution in [1.82, 2.24) is 14.6 Å². The van der Waals surface area contributed by atoms with Crippen LogP contribution in [0.5, 0.6) is 0 Å². The predicted octanol–water partition coefficient (Wildman–Crippen LogP) is 1.58. The van der Waals surface area contributed by atoms with Crippen molar-refractivity contribution in [2.75, 3.05) is 12.4 Å². The summed E-state index contributed by atoms with van der Waals surface area (Å²) in [6.07, 6.45) is 3.57. The molecule has 1 N–H and O–H groups in total. The topological polar surface area (TPSA) is 50.4 Å². The zero-order chi connectivity index (χ0) is 9.97. The van der Waals surface area contributed by atoms with Gasteiger partial charge in [0.05, 0.1) is 17.3 Å². The van der Waals surface area contributed by atoms with Gasteiger partial charge in [-0.3, -0.25) is 0 Å². The summed E-state index contributed by atoms with van der Waals surface area (Å²) >= 11 is 4.89. The molecule has 0 radical (unpaired) electrons. The zero-order valence-corrected chi connectivity index (χ0v) is 9.62. The van der Waals surface area contributed by atoms with Gasteiger partial charge in [0.2, 0.25) is 0 Å². The van der Waals surface area contributed by atoms with Gasteiger partial charge >= 0.3 is 0 Å². The fraction of sp³-hybridized carbons (Fsp3) is 0.250. The van der Waals surface area contributed by atoms with Gasteiger partial charge in [0.1, 0.15) is 5.03 Å². The highest BCUT2D eigenvalue weighted by molar-refractivity contribution is 9.10. The second-order valence-corrected chi connectivity index (χ2v) is 4.57. The van der Waals surface area contributed by atoms with E-state index in [9.17, 15) is 0 Å². The van der Waals surface area contributed by atoms with Crippen LogP contribution in [0, 0.1) is 0 Å². The molecule has 0 aromatic carbocycles. The SMILES string of the molecule is OCCSc1ccn2ncc(Br)c2n1. The Hall–Kier alpha value is -0.590. The van der Waals surface area contributed by atoms with E-state index in [0.29, 0.717) is 5.75 Å². The molecule has 0 aliphatic carbocycles. The standard InChI is InChI=1S/C8H8BrN3OS/c9-6-5-10-12-2-1-7(11-8(6)12)14-4-3-13/h1-2,5,13H,3-4H2. The van der Waals surface area contributed by atoms with Crippen LogP contribution in [0.2, 0.25) is 0 Å². The number of hydrogen-bond acceptors (Lipinski definition) is 4. The van der Waals surface area contributed by atoms with E-state index in [-0.39, 0.29) is 6.61 Å². The number of halogens is 1. The number of rotatable bonds is 3. The highest BCUT2D eigenvalue weighted by Gasteiger charge is 2.03. The van der Waals surface area contributed by atoms with Crippen molar-refractivity contribution in [3.63, 3.8) is 0 Å². The highest BCUT2D eigenvalue weighted by Crippen LogP contribution is 2.19. The van der Waals surface area contributed by atoms with Crippen LogP contribution >= 0.6 is 27.7 Å². The fourth-order valence-electron chi connectivity index (χ4n) is 1.06. The van der Waals surface area contributed by atoms with Gasteiger partial charge in [-0.05, 0) is 22.0 Å². The van der Waals surface area contributed by atoms with Crippen molar-refractivity contribution in [2.45, 2.75) is 5.03 Å². The molecule has 0 amide bonds. The smallest absolute Gasteiger partial charge is 0.170 e. The van der Waals surface area contributed by atoms with Crippen LogP contribution in [0.3, 0.4) is 0 Å². The van der Waals surface area contributed by atoms with Crippen LogP contribution in [-0.2, 0) is 0 Å². The average Bonchev–Trinajstić information content (AvgIpc) is 2.57. The summed E-state index contributed by atoms with van der Waals surface area (Å²) in [5.74, 6) is 0.662. The molecule has 0 aliphatic heterocycles. The quantitative estimate of drug-likeness (QED) is 0.682. The number of aromatic nitrogens is 3. The van der Waals surface area contributed by atoms with Gasteiger partial charge in [-0.15, -0.1) is 11.8 Å². The third kappa shape index (κ3) is 1.92. The summed E-state index contributed by atoms with van der Waals surface area (Å²) in [5, 5.41) is 13.7. The minimum atomic E-state index is 0.165. The van der Waals surface area contributed by atoms with Gasteiger partial charge in [0.25, 0.3) is 0 Å². The van der Waals surface area contributed by atoms with Crippen molar-refractivity contribution in [2.24, 2.45) is 0 Å². The van der Waals surface area contributed by atoms with Crippen molar-refractivity contribution in [3.8, 4) is 0 Å². The van der Waals surface area contributed by atoms with Gasteiger partial charge in [-0.1, -0.05) is 0 Å². The molecule has 0 spiro atoms. The Morgan fingerprint density at radius 1 is 1.57 bits per heavy atom. The van der Waals surface area contributed by atoms with E-state index >= 15 is 0 Å². The van der Waals surface area contributed by atoms with E-state index in [2.05, 4.69) is 26.0 Å². The Labute approximate surface area is 93.5 Å². The summed E-state index contributed by atoms with van der Waals surface area (Å²) in [6.45, 7) is 0.165. The molecule has 2 aromatic rings. The maximum atomic E-state index is 8.68. The summed E-state index contributed by atoms with van der Waals surface area (Å²) in [7, 11) is 0. The molecule has 74 valence electrons. The zero-order valence-electron chi connectivity index (χ0n) is 7.22. The van der Waals surface area contributed by atoms with E-state index in [1.807, 2.05) is 12.3 Å². The van der Waals surface area contributed by atoms with Crippen LogP contribution < -0.4 is 0 Å². The first-order valence-electron chi connectivity index (χ1n) is 4.05. The van der Waals surface area contributed by atoms with Gasteiger partial charge in [-0.2, -0.15) is 5.10 Å². The lowest BCUT2D eigenvalue weighted by Crippen LogP contribution is -1.92. The Balaban J connectivity index is 2.34. The second-order valence-electron chi connectivity index (χ2n) is 2.60. The first-order chi connectivity index (χ1) is 6.81. The third-order valence-corrected chi connectivity index (χ3v) is 3.11. The van der Waals surface area contributed by atoms with Gasteiger partial charge in [0.15, 0.2) is 5.65 Å². The molecule has 0 unspecified atom stereocenters.